The summed E-state index contributed by atoms with van der Waals surface area (Å²) in [5.41, 5.74) is 3.78. The van der Waals surface area contributed by atoms with E-state index in [1.54, 1.807) is 0 Å². The second-order valence-electron chi connectivity index (χ2n) is 4.56. The van der Waals surface area contributed by atoms with Gasteiger partial charge in [-0.2, -0.15) is 0 Å². The van der Waals surface area contributed by atoms with Gasteiger partial charge in [-0.1, -0.05) is 12.5 Å². The summed E-state index contributed by atoms with van der Waals surface area (Å²) in [5.74, 6) is -1.02. The van der Waals surface area contributed by atoms with Gasteiger partial charge in [-0.05, 0) is 25.8 Å². The minimum absolute atomic E-state index is 0.131. The maximum atomic E-state index is 13.6. The third kappa shape index (κ3) is 3.23. The van der Waals surface area contributed by atoms with Gasteiger partial charge in [0.25, 0.3) is 0 Å². The Hall–Kier alpha value is -1.00. The van der Waals surface area contributed by atoms with Crippen LogP contribution in [0.4, 0.5) is 8.78 Å². The number of nitrogens with zero attached hydrogens (tertiary/aromatic N) is 1. The number of rotatable bonds is 3. The maximum Gasteiger partial charge on any atom is 0.130 e. The van der Waals surface area contributed by atoms with Crippen LogP contribution < -0.4 is 5.43 Å². The molecule has 0 amide bonds. The minimum Gasteiger partial charge on any atom is -0.248 e. The fourth-order valence-corrected chi connectivity index (χ4v) is 2.22. The van der Waals surface area contributed by atoms with Gasteiger partial charge >= 0.3 is 0 Å². The van der Waals surface area contributed by atoms with Gasteiger partial charge in [0.1, 0.15) is 11.6 Å². The molecular weight excluding hydrogens is 222 g/mol. The van der Waals surface area contributed by atoms with Gasteiger partial charge < -0.3 is 0 Å². The zero-order valence-corrected chi connectivity index (χ0v) is 10.0. The summed E-state index contributed by atoms with van der Waals surface area (Å²) in [6.07, 6.45) is 3.61. The van der Waals surface area contributed by atoms with Crippen LogP contribution in [0.1, 0.15) is 37.8 Å². The van der Waals surface area contributed by atoms with Crippen LogP contribution in [-0.2, 0) is 0 Å². The van der Waals surface area contributed by atoms with Crippen molar-refractivity contribution in [1.82, 2.24) is 10.4 Å². The van der Waals surface area contributed by atoms with Crippen molar-refractivity contribution in [2.24, 2.45) is 0 Å². The van der Waals surface area contributed by atoms with Crippen LogP contribution in [0.15, 0.2) is 18.2 Å². The number of hydrogen-bond donors (Lipinski definition) is 1. The largest absolute Gasteiger partial charge is 0.248 e. The molecule has 2 nitrogen and oxygen atoms in total. The molecule has 1 aromatic rings. The van der Waals surface area contributed by atoms with Crippen LogP contribution in [0.25, 0.3) is 0 Å². The van der Waals surface area contributed by atoms with E-state index in [2.05, 4.69) is 10.4 Å². The third-order valence-corrected chi connectivity index (χ3v) is 3.16. The van der Waals surface area contributed by atoms with Gasteiger partial charge in [-0.3, -0.25) is 0 Å². The smallest absolute Gasteiger partial charge is 0.130 e. The van der Waals surface area contributed by atoms with E-state index in [1.807, 2.05) is 6.92 Å². The molecule has 0 aliphatic carbocycles. The Balaban J connectivity index is 2.00. The molecule has 0 spiro atoms. The van der Waals surface area contributed by atoms with E-state index in [9.17, 15) is 8.78 Å². The molecular formula is C13H18F2N2. The molecule has 0 bridgehead atoms. The number of hydrazine groups is 1. The standard InChI is InChI=1S/C13H18F2N2/c1-10(16-17-7-3-2-4-8-17)12-6-5-11(14)9-13(12)15/h5-6,9-10,16H,2-4,7-8H2,1H3. The van der Waals surface area contributed by atoms with Gasteiger partial charge in [0.05, 0.1) is 0 Å². The molecule has 0 saturated carbocycles. The van der Waals surface area contributed by atoms with E-state index < -0.39 is 11.6 Å². The van der Waals surface area contributed by atoms with Crippen molar-refractivity contribution < 1.29 is 8.78 Å². The summed E-state index contributed by atoms with van der Waals surface area (Å²) in [5, 5.41) is 2.12. The van der Waals surface area contributed by atoms with Crippen molar-refractivity contribution in [3.63, 3.8) is 0 Å². The average Bonchev–Trinajstić information content (AvgIpc) is 2.30. The molecule has 1 N–H and O–H groups in total. The second-order valence-corrected chi connectivity index (χ2v) is 4.56. The Morgan fingerprint density at radius 3 is 2.53 bits per heavy atom. The van der Waals surface area contributed by atoms with Crippen molar-refractivity contribution in [2.75, 3.05) is 13.1 Å². The molecule has 1 atom stereocenters. The highest BCUT2D eigenvalue weighted by molar-refractivity contribution is 5.21. The molecule has 1 aromatic carbocycles. The molecule has 1 fully saturated rings. The van der Waals surface area contributed by atoms with E-state index in [0.717, 1.165) is 19.2 Å². The van der Waals surface area contributed by atoms with Crippen LogP contribution in [0, 0.1) is 11.6 Å². The van der Waals surface area contributed by atoms with Crippen molar-refractivity contribution in [2.45, 2.75) is 32.2 Å². The van der Waals surface area contributed by atoms with Crippen LogP contribution in [0.5, 0.6) is 0 Å². The Morgan fingerprint density at radius 1 is 1.18 bits per heavy atom. The quantitative estimate of drug-likeness (QED) is 0.873. The number of piperidine rings is 1. The summed E-state index contributed by atoms with van der Waals surface area (Å²) in [6.45, 7) is 3.88. The summed E-state index contributed by atoms with van der Waals surface area (Å²) in [6, 6.07) is 3.61. The molecule has 94 valence electrons. The predicted octanol–water partition coefficient (Wildman–Crippen LogP) is 3.02. The van der Waals surface area contributed by atoms with Crippen molar-refractivity contribution >= 4 is 0 Å². The van der Waals surface area contributed by atoms with Gasteiger partial charge in [0, 0.05) is 30.8 Å². The Kier molecular flexibility index (Phi) is 4.07. The van der Waals surface area contributed by atoms with Gasteiger partial charge in [0.15, 0.2) is 0 Å². The fourth-order valence-electron chi connectivity index (χ4n) is 2.22. The molecule has 1 unspecified atom stereocenters. The van der Waals surface area contributed by atoms with Gasteiger partial charge in [-0.15, -0.1) is 0 Å². The molecule has 2 rings (SSSR count). The molecule has 1 aliphatic heterocycles. The molecule has 4 heteroatoms. The molecule has 0 aromatic heterocycles. The monoisotopic (exact) mass is 240 g/mol. The first-order valence-electron chi connectivity index (χ1n) is 6.13. The summed E-state index contributed by atoms with van der Waals surface area (Å²) >= 11 is 0. The molecule has 1 saturated heterocycles. The number of nitrogens with one attached hydrogen (secondary N) is 1. The van der Waals surface area contributed by atoms with Crippen molar-refractivity contribution in [1.29, 1.82) is 0 Å². The van der Waals surface area contributed by atoms with Crippen LogP contribution >= 0.6 is 0 Å². The van der Waals surface area contributed by atoms with Crippen LogP contribution in [0.3, 0.4) is 0 Å². The lowest BCUT2D eigenvalue weighted by molar-refractivity contribution is 0.132. The normalized spacial score (nSPS) is 19.2. The van der Waals surface area contributed by atoms with E-state index >= 15 is 0 Å². The first kappa shape index (κ1) is 12.5. The predicted molar refractivity (Wildman–Crippen MR) is 63.3 cm³/mol. The summed E-state index contributed by atoms with van der Waals surface area (Å²) < 4.78 is 26.4. The lowest BCUT2D eigenvalue weighted by Gasteiger charge is -2.30. The maximum absolute atomic E-state index is 13.6. The number of halogens is 2. The second kappa shape index (κ2) is 5.56. The SMILES string of the molecule is CC(NN1CCCCC1)c1ccc(F)cc1F. The zero-order chi connectivity index (χ0) is 12.3. The summed E-state index contributed by atoms with van der Waals surface area (Å²) in [4.78, 5) is 0. The minimum atomic E-state index is -0.531. The zero-order valence-electron chi connectivity index (χ0n) is 10.0. The highest BCUT2D eigenvalue weighted by Crippen LogP contribution is 2.19. The Morgan fingerprint density at radius 2 is 1.88 bits per heavy atom. The highest BCUT2D eigenvalue weighted by atomic mass is 19.1. The van der Waals surface area contributed by atoms with Crippen molar-refractivity contribution in [3.8, 4) is 0 Å². The number of benzene rings is 1. The topological polar surface area (TPSA) is 15.3 Å². The van der Waals surface area contributed by atoms with Crippen LogP contribution in [-0.4, -0.2) is 18.1 Å². The van der Waals surface area contributed by atoms with E-state index in [0.29, 0.717) is 5.56 Å². The van der Waals surface area contributed by atoms with Gasteiger partial charge in [-0.25, -0.2) is 19.2 Å². The Labute approximate surface area is 101 Å². The van der Waals surface area contributed by atoms with E-state index in [1.165, 1.54) is 31.4 Å². The highest BCUT2D eigenvalue weighted by Gasteiger charge is 2.16. The first-order chi connectivity index (χ1) is 8.16. The fraction of sp³-hybridized carbons (Fsp3) is 0.538. The molecule has 1 heterocycles. The molecule has 17 heavy (non-hydrogen) atoms. The first-order valence-corrected chi connectivity index (χ1v) is 6.13. The molecule has 0 radical (unpaired) electrons. The number of hydrogen-bond acceptors (Lipinski definition) is 2. The van der Waals surface area contributed by atoms with Crippen LogP contribution in [0.2, 0.25) is 0 Å². The lowest BCUT2D eigenvalue weighted by atomic mass is 10.1. The Bertz CT molecular complexity index is 376. The third-order valence-electron chi connectivity index (χ3n) is 3.16. The lowest BCUT2D eigenvalue weighted by Crippen LogP contribution is -2.43. The average molecular weight is 240 g/mol. The molecule has 1 aliphatic rings. The van der Waals surface area contributed by atoms with E-state index in [4.69, 9.17) is 0 Å². The summed E-state index contributed by atoms with van der Waals surface area (Å²) in [7, 11) is 0. The van der Waals surface area contributed by atoms with Gasteiger partial charge in [0.2, 0.25) is 0 Å². The van der Waals surface area contributed by atoms with E-state index in [-0.39, 0.29) is 6.04 Å². The van der Waals surface area contributed by atoms with Crippen molar-refractivity contribution in [3.05, 3.63) is 35.4 Å².